The lowest BCUT2D eigenvalue weighted by atomic mass is 10.0. The third kappa shape index (κ3) is 5.57. The van der Waals surface area contributed by atoms with Gasteiger partial charge in [-0.05, 0) is 47.9 Å². The van der Waals surface area contributed by atoms with E-state index >= 15 is 0 Å². The van der Waals surface area contributed by atoms with Crippen LogP contribution in [0.15, 0.2) is 53.9 Å². The van der Waals surface area contributed by atoms with Gasteiger partial charge in [-0.15, -0.1) is 11.3 Å². The molecule has 1 heterocycles. The van der Waals surface area contributed by atoms with Crippen molar-refractivity contribution < 1.29 is 19.4 Å². The van der Waals surface area contributed by atoms with Crippen LogP contribution in [0.3, 0.4) is 0 Å². The maximum Gasteiger partial charge on any atom is 0.309 e. The van der Waals surface area contributed by atoms with E-state index in [1.807, 2.05) is 36.4 Å². The number of hydrogen-bond donors (Lipinski definition) is 1. The van der Waals surface area contributed by atoms with Crippen molar-refractivity contribution >= 4 is 17.3 Å². The molecule has 0 unspecified atom stereocenters. The number of carboxylic acids is 1. The minimum Gasteiger partial charge on any atom is -0.490 e. The van der Waals surface area contributed by atoms with Crippen LogP contribution in [0.4, 0.5) is 0 Å². The van der Waals surface area contributed by atoms with E-state index in [1.54, 1.807) is 5.38 Å². The first-order valence-electron chi connectivity index (χ1n) is 9.13. The molecule has 0 fully saturated rings. The van der Waals surface area contributed by atoms with Gasteiger partial charge >= 0.3 is 5.97 Å². The van der Waals surface area contributed by atoms with Crippen LogP contribution in [-0.2, 0) is 11.2 Å². The van der Waals surface area contributed by atoms with Crippen LogP contribution in [-0.4, -0.2) is 29.3 Å². The number of hydrogen-bond acceptors (Lipinski definition) is 5. The van der Waals surface area contributed by atoms with E-state index in [0.717, 1.165) is 22.1 Å². The molecule has 0 aliphatic carbocycles. The van der Waals surface area contributed by atoms with Crippen LogP contribution in [0.25, 0.3) is 10.6 Å². The van der Waals surface area contributed by atoms with Gasteiger partial charge in [-0.3, -0.25) is 4.79 Å². The number of thiazole rings is 1. The fraction of sp³-hybridized carbons (Fsp3) is 0.273. The second-order valence-corrected chi connectivity index (χ2v) is 7.52. The summed E-state index contributed by atoms with van der Waals surface area (Å²) in [6.07, 6.45) is -0.0576. The fourth-order valence-corrected chi connectivity index (χ4v) is 3.46. The van der Waals surface area contributed by atoms with E-state index < -0.39 is 5.97 Å². The zero-order chi connectivity index (χ0) is 19.9. The maximum atomic E-state index is 10.8. The summed E-state index contributed by atoms with van der Waals surface area (Å²) in [6.45, 7) is 5.25. The Morgan fingerprint density at radius 3 is 2.11 bits per heavy atom. The molecule has 0 amide bonds. The molecule has 3 rings (SSSR count). The Bertz CT molecular complexity index is 901. The van der Waals surface area contributed by atoms with Gasteiger partial charge in [0.2, 0.25) is 0 Å². The Morgan fingerprint density at radius 1 is 1.00 bits per heavy atom. The van der Waals surface area contributed by atoms with Crippen molar-refractivity contribution in [3.8, 4) is 22.1 Å². The zero-order valence-electron chi connectivity index (χ0n) is 15.9. The number of benzene rings is 2. The standard InChI is InChI=1S/C22H23NO4S/c1-15(2)16-3-7-19(8-4-16)26-11-12-27-20-9-5-17(6-10-20)22-23-18(14-28-22)13-21(24)25/h3-10,14-15H,11-13H2,1-2H3,(H,24,25). The molecule has 1 aromatic heterocycles. The van der Waals surface area contributed by atoms with Crippen LogP contribution in [0, 0.1) is 0 Å². The van der Waals surface area contributed by atoms with Crippen molar-refractivity contribution in [3.63, 3.8) is 0 Å². The van der Waals surface area contributed by atoms with Gasteiger partial charge < -0.3 is 14.6 Å². The number of ether oxygens (including phenoxy) is 2. The third-order valence-electron chi connectivity index (χ3n) is 4.15. The molecular weight excluding hydrogens is 374 g/mol. The van der Waals surface area contributed by atoms with Crippen molar-refractivity contribution in [2.75, 3.05) is 13.2 Å². The second kappa shape index (κ2) is 9.37. The molecule has 0 aliphatic heterocycles. The fourth-order valence-electron chi connectivity index (χ4n) is 2.64. The SMILES string of the molecule is CC(C)c1ccc(OCCOc2ccc(-c3nc(CC(=O)O)cs3)cc2)cc1. The molecule has 2 aromatic carbocycles. The monoisotopic (exact) mass is 397 g/mol. The molecular formula is C22H23NO4S. The van der Waals surface area contributed by atoms with Crippen molar-refractivity contribution in [1.29, 1.82) is 0 Å². The Morgan fingerprint density at radius 2 is 1.57 bits per heavy atom. The van der Waals surface area contributed by atoms with Gasteiger partial charge in [-0.2, -0.15) is 0 Å². The van der Waals surface area contributed by atoms with Crippen LogP contribution in [0.5, 0.6) is 11.5 Å². The predicted molar refractivity (Wildman–Crippen MR) is 110 cm³/mol. The molecule has 5 nitrogen and oxygen atoms in total. The smallest absolute Gasteiger partial charge is 0.309 e. The largest absolute Gasteiger partial charge is 0.490 e. The Kier molecular flexibility index (Phi) is 6.66. The van der Waals surface area contributed by atoms with E-state index in [0.29, 0.717) is 24.8 Å². The summed E-state index contributed by atoms with van der Waals surface area (Å²) in [5.41, 5.74) is 2.81. The molecule has 28 heavy (non-hydrogen) atoms. The van der Waals surface area contributed by atoms with Crippen LogP contribution in [0.2, 0.25) is 0 Å². The molecule has 0 spiro atoms. The Balaban J connectivity index is 1.46. The highest BCUT2D eigenvalue weighted by atomic mass is 32.1. The van der Waals surface area contributed by atoms with Crippen LogP contribution >= 0.6 is 11.3 Å². The lowest BCUT2D eigenvalue weighted by Gasteiger charge is -2.10. The van der Waals surface area contributed by atoms with Gasteiger partial charge in [0.15, 0.2) is 0 Å². The van der Waals surface area contributed by atoms with E-state index in [1.165, 1.54) is 16.9 Å². The molecule has 0 atom stereocenters. The van der Waals surface area contributed by atoms with Gasteiger partial charge in [0.1, 0.15) is 29.7 Å². The highest BCUT2D eigenvalue weighted by Gasteiger charge is 2.08. The number of nitrogens with zero attached hydrogens (tertiary/aromatic N) is 1. The second-order valence-electron chi connectivity index (χ2n) is 6.66. The molecule has 146 valence electrons. The number of carboxylic acid groups (broad SMARTS) is 1. The number of carbonyl (C=O) groups is 1. The van der Waals surface area contributed by atoms with Crippen molar-refractivity contribution in [2.45, 2.75) is 26.2 Å². The summed E-state index contributed by atoms with van der Waals surface area (Å²) in [5, 5.41) is 11.4. The lowest BCUT2D eigenvalue weighted by Crippen LogP contribution is -2.09. The average molecular weight is 397 g/mol. The van der Waals surface area contributed by atoms with Crippen molar-refractivity contribution in [1.82, 2.24) is 4.98 Å². The number of aromatic nitrogens is 1. The molecule has 6 heteroatoms. The summed E-state index contributed by atoms with van der Waals surface area (Å²) in [4.78, 5) is 15.1. The summed E-state index contributed by atoms with van der Waals surface area (Å²) in [7, 11) is 0. The van der Waals surface area contributed by atoms with E-state index in [2.05, 4.69) is 31.0 Å². The Hall–Kier alpha value is -2.86. The first-order valence-corrected chi connectivity index (χ1v) is 10.0. The van der Waals surface area contributed by atoms with Crippen molar-refractivity contribution in [2.24, 2.45) is 0 Å². The van der Waals surface area contributed by atoms with E-state index in [9.17, 15) is 4.79 Å². The molecule has 1 N–H and O–H groups in total. The van der Waals surface area contributed by atoms with Crippen LogP contribution in [0.1, 0.15) is 31.0 Å². The summed E-state index contributed by atoms with van der Waals surface area (Å²) in [5.74, 6) is 1.22. The molecule has 0 bridgehead atoms. The van der Waals surface area contributed by atoms with Gasteiger partial charge in [0.25, 0.3) is 0 Å². The molecule has 0 aliphatic rings. The first kappa shape index (κ1) is 19.9. The molecule has 0 saturated heterocycles. The summed E-state index contributed by atoms with van der Waals surface area (Å²) >= 11 is 1.44. The molecule has 3 aromatic rings. The molecule has 0 radical (unpaired) electrons. The minimum atomic E-state index is -0.876. The summed E-state index contributed by atoms with van der Waals surface area (Å²) in [6, 6.07) is 15.7. The van der Waals surface area contributed by atoms with Crippen molar-refractivity contribution in [3.05, 3.63) is 65.2 Å². The topological polar surface area (TPSA) is 68.7 Å². The average Bonchev–Trinajstić information content (AvgIpc) is 3.14. The Labute approximate surface area is 168 Å². The molecule has 0 saturated carbocycles. The highest BCUT2D eigenvalue weighted by molar-refractivity contribution is 7.13. The summed E-state index contributed by atoms with van der Waals surface area (Å²) < 4.78 is 11.4. The van der Waals surface area contributed by atoms with E-state index in [-0.39, 0.29) is 6.42 Å². The quantitative estimate of drug-likeness (QED) is 0.514. The van der Waals surface area contributed by atoms with Gasteiger partial charge in [0, 0.05) is 10.9 Å². The normalized spacial score (nSPS) is 10.8. The van der Waals surface area contributed by atoms with Gasteiger partial charge in [0.05, 0.1) is 12.1 Å². The highest BCUT2D eigenvalue weighted by Crippen LogP contribution is 2.26. The van der Waals surface area contributed by atoms with Gasteiger partial charge in [-0.1, -0.05) is 26.0 Å². The number of aliphatic carboxylic acids is 1. The number of rotatable bonds is 9. The van der Waals surface area contributed by atoms with Crippen LogP contribution < -0.4 is 9.47 Å². The van der Waals surface area contributed by atoms with Gasteiger partial charge in [-0.25, -0.2) is 4.98 Å². The zero-order valence-corrected chi connectivity index (χ0v) is 16.7. The first-order chi connectivity index (χ1) is 13.5. The minimum absolute atomic E-state index is 0.0576. The van der Waals surface area contributed by atoms with E-state index in [4.69, 9.17) is 14.6 Å². The third-order valence-corrected chi connectivity index (χ3v) is 5.09. The lowest BCUT2D eigenvalue weighted by molar-refractivity contribution is -0.136. The maximum absolute atomic E-state index is 10.8. The predicted octanol–water partition coefficient (Wildman–Crippen LogP) is 5.02.